The molecule has 0 amide bonds. The first-order chi connectivity index (χ1) is 13.3. The van der Waals surface area contributed by atoms with Gasteiger partial charge in [-0.15, -0.1) is 0 Å². The number of aliphatic imine (C=N–C) groups is 1. The Balaban J connectivity index is 1.35. The first kappa shape index (κ1) is 17.8. The summed E-state index contributed by atoms with van der Waals surface area (Å²) in [4.78, 5) is 20.8. The molecule has 4 rings (SSSR count). The Morgan fingerprint density at radius 2 is 2.11 bits per heavy atom. The predicted octanol–water partition coefficient (Wildman–Crippen LogP) is 3.09. The minimum absolute atomic E-state index is 0.0652. The highest BCUT2D eigenvalue weighted by atomic mass is 16.5. The summed E-state index contributed by atoms with van der Waals surface area (Å²) in [7, 11) is 0. The van der Waals surface area contributed by atoms with Gasteiger partial charge < -0.3 is 14.8 Å². The summed E-state index contributed by atoms with van der Waals surface area (Å²) < 4.78 is 11.3. The van der Waals surface area contributed by atoms with Crippen LogP contribution in [0.1, 0.15) is 35.2 Å². The smallest absolute Gasteiger partial charge is 0.170 e. The molecule has 0 spiro atoms. The van der Waals surface area contributed by atoms with Gasteiger partial charge in [0.2, 0.25) is 0 Å². The van der Waals surface area contributed by atoms with Crippen LogP contribution in [0.25, 0.3) is 0 Å². The van der Waals surface area contributed by atoms with Crippen molar-refractivity contribution in [3.8, 4) is 5.75 Å². The quantitative estimate of drug-likeness (QED) is 0.852. The van der Waals surface area contributed by atoms with Gasteiger partial charge in [0.1, 0.15) is 12.4 Å². The Morgan fingerprint density at radius 3 is 3.00 bits per heavy atom. The standard InChI is InChI=1S/C21H23N3O3/c25-21-11-17(24-20-13-22-7-4-19(20)21)14-27-18-3-1-2-15(10-18)12-23-16-5-8-26-9-6-16/h1-4,7,10,13,16,23H,5-6,8-9,11-12,14H2. The lowest BCUT2D eigenvalue weighted by molar-refractivity contribution is 0.0776. The first-order valence-electron chi connectivity index (χ1n) is 9.34. The molecule has 1 N–H and O–H groups in total. The van der Waals surface area contributed by atoms with Gasteiger partial charge in [-0.05, 0) is 36.6 Å². The lowest BCUT2D eigenvalue weighted by atomic mass is 10.0. The number of carbonyl (C=O) groups excluding carboxylic acids is 1. The summed E-state index contributed by atoms with van der Waals surface area (Å²) in [6.07, 6.45) is 5.64. The number of ether oxygens (including phenoxy) is 2. The molecule has 0 saturated carbocycles. The molecule has 2 aromatic rings. The van der Waals surface area contributed by atoms with E-state index in [-0.39, 0.29) is 5.78 Å². The number of rotatable bonds is 6. The lowest BCUT2D eigenvalue weighted by Gasteiger charge is -2.23. The number of fused-ring (bicyclic) bond motifs is 1. The fourth-order valence-electron chi connectivity index (χ4n) is 3.36. The van der Waals surface area contributed by atoms with Crippen molar-refractivity contribution >= 4 is 17.2 Å². The molecule has 6 heteroatoms. The molecule has 1 fully saturated rings. The van der Waals surface area contributed by atoms with Crippen LogP contribution < -0.4 is 10.1 Å². The lowest BCUT2D eigenvalue weighted by Crippen LogP contribution is -2.34. The fourth-order valence-corrected chi connectivity index (χ4v) is 3.36. The van der Waals surface area contributed by atoms with Gasteiger partial charge >= 0.3 is 0 Å². The number of Topliss-reactive ketones (excluding diaryl/α,β-unsaturated/α-hetero) is 1. The molecule has 0 bridgehead atoms. The van der Waals surface area contributed by atoms with Crippen molar-refractivity contribution < 1.29 is 14.3 Å². The third-order valence-electron chi connectivity index (χ3n) is 4.86. The van der Waals surface area contributed by atoms with E-state index >= 15 is 0 Å². The number of carbonyl (C=O) groups is 1. The van der Waals surface area contributed by atoms with Crippen LogP contribution in [-0.2, 0) is 11.3 Å². The number of ketones is 1. The Hall–Kier alpha value is -2.57. The Kier molecular flexibility index (Phi) is 5.55. The van der Waals surface area contributed by atoms with Gasteiger partial charge in [0.15, 0.2) is 5.78 Å². The van der Waals surface area contributed by atoms with Gasteiger partial charge in [0.25, 0.3) is 0 Å². The molecule has 27 heavy (non-hydrogen) atoms. The molecule has 3 heterocycles. The molecule has 0 unspecified atom stereocenters. The predicted molar refractivity (Wildman–Crippen MR) is 103 cm³/mol. The molecule has 0 atom stereocenters. The second kappa shape index (κ2) is 8.41. The zero-order valence-electron chi connectivity index (χ0n) is 15.2. The van der Waals surface area contributed by atoms with E-state index < -0.39 is 0 Å². The number of benzene rings is 1. The minimum atomic E-state index is 0.0652. The van der Waals surface area contributed by atoms with Crippen molar-refractivity contribution in [1.29, 1.82) is 0 Å². The van der Waals surface area contributed by atoms with Gasteiger partial charge in [0.05, 0.1) is 24.0 Å². The maximum Gasteiger partial charge on any atom is 0.170 e. The summed E-state index contributed by atoms with van der Waals surface area (Å²) in [5.41, 5.74) is 3.16. The molecule has 0 radical (unpaired) electrons. The number of nitrogens with one attached hydrogen (secondary N) is 1. The highest BCUT2D eigenvalue weighted by molar-refractivity contribution is 6.16. The minimum Gasteiger partial charge on any atom is -0.488 e. The second-order valence-corrected chi connectivity index (χ2v) is 6.87. The molecule has 0 aliphatic carbocycles. The van der Waals surface area contributed by atoms with E-state index in [0.717, 1.165) is 44.1 Å². The average Bonchev–Trinajstić information content (AvgIpc) is 2.72. The Bertz CT molecular complexity index is 844. The monoisotopic (exact) mass is 365 g/mol. The van der Waals surface area contributed by atoms with E-state index in [2.05, 4.69) is 21.4 Å². The van der Waals surface area contributed by atoms with E-state index in [4.69, 9.17) is 9.47 Å². The Morgan fingerprint density at radius 1 is 1.22 bits per heavy atom. The molecular formula is C21H23N3O3. The third kappa shape index (κ3) is 4.59. The van der Waals surface area contributed by atoms with Crippen LogP contribution in [0, 0.1) is 0 Å². The SMILES string of the molecule is O=C1CC(COc2cccc(CNC3CCOCC3)c2)=Nc2cnccc21. The van der Waals surface area contributed by atoms with Gasteiger partial charge in [-0.1, -0.05) is 12.1 Å². The van der Waals surface area contributed by atoms with E-state index in [1.165, 1.54) is 5.56 Å². The van der Waals surface area contributed by atoms with Crippen LogP contribution >= 0.6 is 0 Å². The van der Waals surface area contributed by atoms with Crippen molar-refractivity contribution in [3.05, 3.63) is 53.9 Å². The second-order valence-electron chi connectivity index (χ2n) is 6.87. The first-order valence-corrected chi connectivity index (χ1v) is 9.34. The van der Waals surface area contributed by atoms with Gasteiger partial charge in [0, 0.05) is 37.6 Å². The molecular weight excluding hydrogens is 342 g/mol. The number of aromatic nitrogens is 1. The third-order valence-corrected chi connectivity index (χ3v) is 4.86. The summed E-state index contributed by atoms with van der Waals surface area (Å²) in [6, 6.07) is 10.3. The maximum absolute atomic E-state index is 12.2. The van der Waals surface area contributed by atoms with Crippen LogP contribution in [-0.4, -0.2) is 42.3 Å². The molecule has 6 nitrogen and oxygen atoms in total. The number of hydrogen-bond acceptors (Lipinski definition) is 6. The maximum atomic E-state index is 12.2. The normalized spacial score (nSPS) is 17.3. The van der Waals surface area contributed by atoms with Crippen molar-refractivity contribution in [3.63, 3.8) is 0 Å². The van der Waals surface area contributed by atoms with Crippen LogP contribution in [0.5, 0.6) is 5.75 Å². The van der Waals surface area contributed by atoms with Gasteiger partial charge in [-0.2, -0.15) is 0 Å². The summed E-state index contributed by atoms with van der Waals surface area (Å²) in [5.74, 6) is 0.851. The van der Waals surface area contributed by atoms with Crippen molar-refractivity contribution in [1.82, 2.24) is 10.3 Å². The largest absolute Gasteiger partial charge is 0.488 e. The highest BCUT2D eigenvalue weighted by Gasteiger charge is 2.20. The molecule has 2 aliphatic rings. The number of pyridine rings is 1. The van der Waals surface area contributed by atoms with Crippen molar-refractivity contribution in [2.45, 2.75) is 31.8 Å². The van der Waals surface area contributed by atoms with E-state index in [0.29, 0.717) is 30.3 Å². The fraction of sp³-hybridized carbons (Fsp3) is 0.381. The van der Waals surface area contributed by atoms with Crippen molar-refractivity contribution in [2.75, 3.05) is 19.8 Å². The zero-order chi connectivity index (χ0) is 18.5. The summed E-state index contributed by atoms with van der Waals surface area (Å²) >= 11 is 0. The summed E-state index contributed by atoms with van der Waals surface area (Å²) in [6.45, 7) is 2.78. The molecule has 1 aromatic heterocycles. The average molecular weight is 365 g/mol. The topological polar surface area (TPSA) is 72.8 Å². The van der Waals surface area contributed by atoms with E-state index in [9.17, 15) is 4.79 Å². The van der Waals surface area contributed by atoms with E-state index in [1.54, 1.807) is 18.5 Å². The van der Waals surface area contributed by atoms with Crippen LogP contribution in [0.15, 0.2) is 47.7 Å². The Labute approximate surface area is 158 Å². The van der Waals surface area contributed by atoms with Crippen molar-refractivity contribution in [2.24, 2.45) is 4.99 Å². The van der Waals surface area contributed by atoms with Gasteiger partial charge in [-0.3, -0.25) is 14.8 Å². The van der Waals surface area contributed by atoms with E-state index in [1.807, 2.05) is 18.2 Å². The number of hydrogen-bond donors (Lipinski definition) is 1. The van der Waals surface area contributed by atoms with Crippen LogP contribution in [0.4, 0.5) is 5.69 Å². The number of nitrogens with zero attached hydrogens (tertiary/aromatic N) is 2. The van der Waals surface area contributed by atoms with Gasteiger partial charge in [-0.25, -0.2) is 0 Å². The van der Waals surface area contributed by atoms with Crippen LogP contribution in [0.2, 0.25) is 0 Å². The molecule has 140 valence electrons. The molecule has 2 aliphatic heterocycles. The molecule has 1 saturated heterocycles. The highest BCUT2D eigenvalue weighted by Crippen LogP contribution is 2.24. The summed E-state index contributed by atoms with van der Waals surface area (Å²) in [5, 5.41) is 3.58. The molecule has 1 aromatic carbocycles. The zero-order valence-corrected chi connectivity index (χ0v) is 15.2. The van der Waals surface area contributed by atoms with Crippen LogP contribution in [0.3, 0.4) is 0 Å².